The van der Waals surface area contributed by atoms with Crippen LogP contribution in [0.2, 0.25) is 0 Å². The lowest BCUT2D eigenvalue weighted by Crippen LogP contribution is -2.33. The van der Waals surface area contributed by atoms with E-state index in [1.54, 1.807) is 0 Å². The molecule has 6 nitrogen and oxygen atoms in total. The molecule has 0 aromatic carbocycles. The topological polar surface area (TPSA) is 107 Å². The predicted molar refractivity (Wildman–Crippen MR) is 43.4 cm³/mol. The van der Waals surface area contributed by atoms with E-state index < -0.39 is 11.9 Å². The van der Waals surface area contributed by atoms with E-state index >= 15 is 0 Å². The third-order valence-corrected chi connectivity index (χ3v) is 1.45. The van der Waals surface area contributed by atoms with E-state index in [0.717, 1.165) is 25.9 Å². The van der Waals surface area contributed by atoms with E-state index in [-0.39, 0.29) is 6.10 Å². The Hall–Kier alpha value is -1.14. The quantitative estimate of drug-likeness (QED) is 0.361. The zero-order valence-electron chi connectivity index (χ0n) is 7.06. The van der Waals surface area contributed by atoms with Gasteiger partial charge in [0.25, 0.3) is 0 Å². The van der Waals surface area contributed by atoms with Crippen molar-refractivity contribution in [3.63, 3.8) is 0 Å². The van der Waals surface area contributed by atoms with Gasteiger partial charge in [0.2, 0.25) is 0 Å². The van der Waals surface area contributed by atoms with Gasteiger partial charge < -0.3 is 20.6 Å². The molecule has 1 rings (SSSR count). The zero-order valence-corrected chi connectivity index (χ0v) is 7.06. The fourth-order valence-electron chi connectivity index (χ4n) is 0.833. The minimum Gasteiger partial charge on any atom is -0.473 e. The van der Waals surface area contributed by atoms with Gasteiger partial charge in [0.15, 0.2) is 0 Å². The summed E-state index contributed by atoms with van der Waals surface area (Å²) in [6, 6.07) is 0. The molecule has 0 aromatic rings. The Balaban J connectivity index is 0.000000226. The summed E-state index contributed by atoms with van der Waals surface area (Å²) < 4.78 is 0. The minimum absolute atomic E-state index is 0.0752. The number of β-amino-alcohol motifs (C(OH)–C–C–N with tert-alkyl or cyclic N) is 1. The Morgan fingerprint density at radius 3 is 1.92 bits per heavy atom. The maximum Gasteiger partial charge on any atom is 0.414 e. The predicted octanol–water partition coefficient (Wildman–Crippen LogP) is -1.11. The van der Waals surface area contributed by atoms with E-state index in [9.17, 15) is 0 Å². The molecule has 0 aliphatic carbocycles. The van der Waals surface area contributed by atoms with Gasteiger partial charge in [-0.1, -0.05) is 0 Å². The van der Waals surface area contributed by atoms with Gasteiger partial charge in [-0.05, 0) is 19.4 Å². The van der Waals surface area contributed by atoms with Crippen LogP contribution in [0.15, 0.2) is 0 Å². The first-order valence-corrected chi connectivity index (χ1v) is 3.89. The van der Waals surface area contributed by atoms with E-state index in [2.05, 4.69) is 5.32 Å². The van der Waals surface area contributed by atoms with Crippen LogP contribution in [0.1, 0.15) is 12.8 Å². The number of aliphatic hydroxyl groups excluding tert-OH is 1. The Morgan fingerprint density at radius 1 is 1.23 bits per heavy atom. The monoisotopic (exact) mass is 191 g/mol. The Morgan fingerprint density at radius 2 is 1.77 bits per heavy atom. The van der Waals surface area contributed by atoms with Crippen LogP contribution < -0.4 is 5.32 Å². The first-order chi connectivity index (χ1) is 6.04. The number of rotatable bonds is 0. The Bertz CT molecular complexity index is 164. The first-order valence-electron chi connectivity index (χ1n) is 3.89. The summed E-state index contributed by atoms with van der Waals surface area (Å²) in [4.78, 5) is 18.2. The Kier molecular flexibility index (Phi) is 5.82. The second kappa shape index (κ2) is 6.38. The lowest BCUT2D eigenvalue weighted by Gasteiger charge is -2.16. The van der Waals surface area contributed by atoms with Crippen LogP contribution in [-0.4, -0.2) is 46.5 Å². The van der Waals surface area contributed by atoms with Crippen molar-refractivity contribution in [2.24, 2.45) is 0 Å². The first kappa shape index (κ1) is 11.9. The second-order valence-electron chi connectivity index (χ2n) is 2.61. The average molecular weight is 191 g/mol. The molecule has 0 spiro atoms. The van der Waals surface area contributed by atoms with Crippen LogP contribution in [0.4, 0.5) is 0 Å². The van der Waals surface area contributed by atoms with Crippen molar-refractivity contribution in [1.29, 1.82) is 0 Å². The number of nitrogens with one attached hydrogen (secondary N) is 1. The average Bonchev–Trinajstić information content (AvgIpc) is 2.06. The lowest BCUT2D eigenvalue weighted by molar-refractivity contribution is -0.159. The summed E-state index contributed by atoms with van der Waals surface area (Å²) in [5.74, 6) is -3.65. The molecule has 0 bridgehead atoms. The molecular formula is C7H13NO5. The number of aliphatic hydroxyl groups is 1. The van der Waals surface area contributed by atoms with Crippen molar-refractivity contribution in [2.75, 3.05) is 13.1 Å². The number of carboxylic acid groups (broad SMARTS) is 2. The van der Waals surface area contributed by atoms with Gasteiger partial charge in [0, 0.05) is 6.54 Å². The summed E-state index contributed by atoms with van der Waals surface area (Å²) >= 11 is 0. The van der Waals surface area contributed by atoms with Gasteiger partial charge in [-0.2, -0.15) is 0 Å². The summed E-state index contributed by atoms with van der Waals surface area (Å²) in [7, 11) is 0. The van der Waals surface area contributed by atoms with Gasteiger partial charge in [0.05, 0.1) is 6.10 Å². The number of piperidine rings is 1. The van der Waals surface area contributed by atoms with Crippen molar-refractivity contribution >= 4 is 11.9 Å². The summed E-state index contributed by atoms with van der Waals surface area (Å²) in [6.07, 6.45) is 2.03. The number of carbonyl (C=O) groups is 2. The highest BCUT2D eigenvalue weighted by molar-refractivity contribution is 6.27. The highest BCUT2D eigenvalue weighted by Gasteiger charge is 2.06. The van der Waals surface area contributed by atoms with E-state index in [1.807, 2.05) is 0 Å². The largest absolute Gasteiger partial charge is 0.473 e. The smallest absolute Gasteiger partial charge is 0.414 e. The van der Waals surface area contributed by atoms with Gasteiger partial charge >= 0.3 is 11.9 Å². The highest BCUT2D eigenvalue weighted by Crippen LogP contribution is 1.98. The molecule has 1 heterocycles. The Labute approximate surface area is 75.2 Å². The molecule has 1 aliphatic heterocycles. The van der Waals surface area contributed by atoms with Crippen molar-refractivity contribution in [1.82, 2.24) is 5.32 Å². The third kappa shape index (κ3) is 7.23. The molecule has 13 heavy (non-hydrogen) atoms. The lowest BCUT2D eigenvalue weighted by atomic mass is 10.1. The number of aliphatic carboxylic acids is 2. The molecular weight excluding hydrogens is 178 g/mol. The van der Waals surface area contributed by atoms with Gasteiger partial charge in [0.1, 0.15) is 0 Å². The molecule has 1 aliphatic rings. The van der Waals surface area contributed by atoms with Gasteiger partial charge in [-0.25, -0.2) is 9.59 Å². The van der Waals surface area contributed by atoms with Crippen molar-refractivity contribution < 1.29 is 24.9 Å². The third-order valence-electron chi connectivity index (χ3n) is 1.45. The van der Waals surface area contributed by atoms with E-state index in [4.69, 9.17) is 24.9 Å². The molecule has 0 amide bonds. The molecule has 1 unspecified atom stereocenters. The summed E-state index contributed by atoms with van der Waals surface area (Å²) in [5, 5.41) is 26.7. The van der Waals surface area contributed by atoms with Crippen LogP contribution in [0.3, 0.4) is 0 Å². The van der Waals surface area contributed by atoms with Crippen LogP contribution in [0, 0.1) is 0 Å². The van der Waals surface area contributed by atoms with Crippen LogP contribution >= 0.6 is 0 Å². The standard InChI is InChI=1S/C5H11NO.C2H2O4/c7-5-2-1-3-6-4-5;3-1(4)2(5)6/h5-7H,1-4H2;(H,3,4)(H,5,6). The van der Waals surface area contributed by atoms with E-state index in [0.29, 0.717) is 0 Å². The van der Waals surface area contributed by atoms with Crippen molar-refractivity contribution in [2.45, 2.75) is 18.9 Å². The number of carboxylic acids is 2. The van der Waals surface area contributed by atoms with Crippen LogP contribution in [0.25, 0.3) is 0 Å². The van der Waals surface area contributed by atoms with Gasteiger partial charge in [-0.15, -0.1) is 0 Å². The molecule has 1 fully saturated rings. The molecule has 4 N–H and O–H groups in total. The molecule has 6 heteroatoms. The van der Waals surface area contributed by atoms with Crippen LogP contribution in [0.5, 0.6) is 0 Å². The van der Waals surface area contributed by atoms with Crippen molar-refractivity contribution in [3.8, 4) is 0 Å². The second-order valence-corrected chi connectivity index (χ2v) is 2.61. The number of hydrogen-bond donors (Lipinski definition) is 4. The fraction of sp³-hybridized carbons (Fsp3) is 0.714. The highest BCUT2D eigenvalue weighted by atomic mass is 16.4. The number of hydrogen-bond acceptors (Lipinski definition) is 4. The maximum absolute atomic E-state index is 9.10. The molecule has 76 valence electrons. The zero-order chi connectivity index (χ0) is 10.3. The summed E-state index contributed by atoms with van der Waals surface area (Å²) in [5.41, 5.74) is 0. The SMILES string of the molecule is O=C(O)C(=O)O.OC1CCCNC1. The van der Waals surface area contributed by atoms with E-state index in [1.165, 1.54) is 0 Å². The maximum atomic E-state index is 9.10. The normalized spacial score (nSPS) is 21.2. The molecule has 0 radical (unpaired) electrons. The molecule has 0 saturated carbocycles. The molecule has 0 aromatic heterocycles. The van der Waals surface area contributed by atoms with Crippen LogP contribution in [-0.2, 0) is 9.59 Å². The molecule has 1 atom stereocenters. The molecule has 1 saturated heterocycles. The van der Waals surface area contributed by atoms with Crippen molar-refractivity contribution in [3.05, 3.63) is 0 Å². The fourth-order valence-corrected chi connectivity index (χ4v) is 0.833. The van der Waals surface area contributed by atoms with Gasteiger partial charge in [-0.3, -0.25) is 0 Å². The minimum atomic E-state index is -1.82. The summed E-state index contributed by atoms with van der Waals surface area (Å²) in [6.45, 7) is 1.87.